The third-order valence-electron chi connectivity index (χ3n) is 2.02. The highest BCUT2D eigenvalue weighted by Gasteiger charge is 2.13. The summed E-state index contributed by atoms with van der Waals surface area (Å²) in [6, 6.07) is 1.91. The van der Waals surface area contributed by atoms with Crippen LogP contribution in [-0.2, 0) is 0 Å². The first-order chi connectivity index (χ1) is 7.00. The van der Waals surface area contributed by atoms with Crippen LogP contribution in [0, 0.1) is 2.88 Å². The summed E-state index contributed by atoms with van der Waals surface area (Å²) in [4.78, 5) is 13.6. The van der Waals surface area contributed by atoms with E-state index in [0.717, 1.165) is 14.9 Å². The fraction of sp³-hybridized carbons (Fsp3) is 0.500. The number of hydrogen-bond donors (Lipinski definition) is 0. The number of rotatable bonds is 4. The van der Waals surface area contributed by atoms with Gasteiger partial charge in [0.15, 0.2) is 0 Å². The van der Waals surface area contributed by atoms with Gasteiger partial charge in [-0.05, 0) is 42.0 Å². The topological polar surface area (TPSA) is 20.3 Å². The van der Waals surface area contributed by atoms with Crippen molar-refractivity contribution in [2.45, 2.75) is 18.7 Å². The van der Waals surface area contributed by atoms with Crippen molar-refractivity contribution >= 4 is 51.4 Å². The molecule has 0 spiro atoms. The van der Waals surface area contributed by atoms with E-state index in [9.17, 15) is 4.79 Å². The Bertz CT molecular complexity index is 340. The fourth-order valence-corrected chi connectivity index (χ4v) is 2.53. The van der Waals surface area contributed by atoms with Crippen LogP contribution in [0.15, 0.2) is 11.4 Å². The molecule has 0 aromatic carbocycles. The minimum Gasteiger partial charge on any atom is -0.342 e. The van der Waals surface area contributed by atoms with Gasteiger partial charge < -0.3 is 4.90 Å². The third kappa shape index (κ3) is 4.28. The molecule has 1 aromatic heterocycles. The van der Waals surface area contributed by atoms with Gasteiger partial charge in [-0.25, -0.2) is 0 Å². The number of thiophene rings is 1. The van der Waals surface area contributed by atoms with Crippen LogP contribution in [0.3, 0.4) is 0 Å². The summed E-state index contributed by atoms with van der Waals surface area (Å²) in [6.07, 6.45) is 0.824. The van der Waals surface area contributed by atoms with Crippen LogP contribution < -0.4 is 0 Å². The van der Waals surface area contributed by atoms with Crippen LogP contribution in [0.1, 0.15) is 23.7 Å². The van der Waals surface area contributed by atoms with Crippen molar-refractivity contribution in [2.24, 2.45) is 0 Å². The van der Waals surface area contributed by atoms with Crippen molar-refractivity contribution in [3.8, 4) is 0 Å². The first-order valence-corrected chi connectivity index (χ1v) is 7.03. The Morgan fingerprint density at radius 3 is 2.87 bits per heavy atom. The predicted octanol–water partition coefficient (Wildman–Crippen LogP) is 3.44. The molecule has 0 saturated heterocycles. The summed E-state index contributed by atoms with van der Waals surface area (Å²) in [5.41, 5.74) is 0.772. The molecule has 1 amide bonds. The molecule has 0 aliphatic carbocycles. The Morgan fingerprint density at radius 1 is 1.73 bits per heavy atom. The molecule has 0 saturated carbocycles. The van der Waals surface area contributed by atoms with E-state index < -0.39 is 0 Å². The molecule has 1 heterocycles. The van der Waals surface area contributed by atoms with Gasteiger partial charge in [-0.15, -0.1) is 22.9 Å². The zero-order chi connectivity index (χ0) is 11.4. The second-order valence-corrected chi connectivity index (χ2v) is 6.99. The summed E-state index contributed by atoms with van der Waals surface area (Å²) in [5, 5.41) is 2.01. The molecule has 0 aliphatic rings. The standard InChI is InChI=1S/C10H13ClINOS/c1-7(11)3-4-13(2)10(14)8-5-9(12)15-6-8/h5-7H,3-4H2,1-2H3. The molecule has 0 aliphatic heterocycles. The molecule has 1 unspecified atom stereocenters. The van der Waals surface area contributed by atoms with Crippen molar-refractivity contribution in [2.75, 3.05) is 13.6 Å². The van der Waals surface area contributed by atoms with E-state index in [2.05, 4.69) is 22.6 Å². The number of alkyl halides is 1. The van der Waals surface area contributed by atoms with E-state index in [0.29, 0.717) is 6.54 Å². The van der Waals surface area contributed by atoms with Crippen molar-refractivity contribution in [3.63, 3.8) is 0 Å². The van der Waals surface area contributed by atoms with Crippen LogP contribution in [-0.4, -0.2) is 29.8 Å². The maximum Gasteiger partial charge on any atom is 0.254 e. The van der Waals surface area contributed by atoms with Crippen LogP contribution >= 0.6 is 45.5 Å². The summed E-state index contributed by atoms with van der Waals surface area (Å²) in [6.45, 7) is 2.64. The van der Waals surface area contributed by atoms with Gasteiger partial charge in [0, 0.05) is 24.3 Å². The molecule has 0 N–H and O–H groups in total. The molecular formula is C10H13ClINOS. The van der Waals surface area contributed by atoms with E-state index in [4.69, 9.17) is 11.6 Å². The maximum atomic E-state index is 11.9. The quantitative estimate of drug-likeness (QED) is 0.597. The van der Waals surface area contributed by atoms with Gasteiger partial charge in [0.2, 0.25) is 0 Å². The summed E-state index contributed by atoms with van der Waals surface area (Å²) in [7, 11) is 1.81. The minimum absolute atomic E-state index is 0.0754. The predicted molar refractivity (Wildman–Crippen MR) is 73.9 cm³/mol. The molecule has 1 rings (SSSR count). The number of halogens is 2. The van der Waals surface area contributed by atoms with E-state index in [-0.39, 0.29) is 11.3 Å². The smallest absolute Gasteiger partial charge is 0.254 e. The van der Waals surface area contributed by atoms with Crippen molar-refractivity contribution in [1.82, 2.24) is 4.90 Å². The maximum absolute atomic E-state index is 11.9. The Kier molecular flexibility index (Phi) is 5.35. The molecule has 0 radical (unpaired) electrons. The van der Waals surface area contributed by atoms with Gasteiger partial charge in [0.25, 0.3) is 5.91 Å². The molecule has 5 heteroatoms. The first kappa shape index (κ1) is 13.3. The monoisotopic (exact) mass is 357 g/mol. The molecule has 0 bridgehead atoms. The van der Waals surface area contributed by atoms with E-state index >= 15 is 0 Å². The van der Waals surface area contributed by atoms with Crippen molar-refractivity contribution in [3.05, 3.63) is 19.9 Å². The zero-order valence-electron chi connectivity index (χ0n) is 8.67. The van der Waals surface area contributed by atoms with E-state index in [1.165, 1.54) is 0 Å². The average Bonchev–Trinajstić information content (AvgIpc) is 2.60. The number of carbonyl (C=O) groups is 1. The van der Waals surface area contributed by atoms with E-state index in [1.807, 2.05) is 25.4 Å². The highest BCUT2D eigenvalue weighted by Crippen LogP contribution is 2.18. The number of hydrogen-bond acceptors (Lipinski definition) is 2. The molecule has 1 atom stereocenters. The fourth-order valence-electron chi connectivity index (χ4n) is 1.12. The highest BCUT2D eigenvalue weighted by molar-refractivity contribution is 14.1. The van der Waals surface area contributed by atoms with Gasteiger partial charge in [-0.3, -0.25) is 4.79 Å². The van der Waals surface area contributed by atoms with Gasteiger partial charge in [0.1, 0.15) is 0 Å². The molecule has 2 nitrogen and oxygen atoms in total. The van der Waals surface area contributed by atoms with Crippen molar-refractivity contribution in [1.29, 1.82) is 0 Å². The van der Waals surface area contributed by atoms with Gasteiger partial charge in [-0.1, -0.05) is 0 Å². The first-order valence-electron chi connectivity index (χ1n) is 4.64. The lowest BCUT2D eigenvalue weighted by Crippen LogP contribution is -2.28. The second kappa shape index (κ2) is 6.06. The largest absolute Gasteiger partial charge is 0.342 e. The SMILES string of the molecule is CC(Cl)CCN(C)C(=O)c1csc(I)c1. The molecule has 0 fully saturated rings. The van der Waals surface area contributed by atoms with E-state index in [1.54, 1.807) is 16.2 Å². The van der Waals surface area contributed by atoms with Crippen LogP contribution in [0.2, 0.25) is 0 Å². The third-order valence-corrected chi connectivity index (χ3v) is 4.03. The van der Waals surface area contributed by atoms with Crippen LogP contribution in [0.25, 0.3) is 0 Å². The summed E-state index contributed by atoms with van der Waals surface area (Å²) < 4.78 is 1.13. The number of nitrogens with zero attached hydrogens (tertiary/aromatic N) is 1. The van der Waals surface area contributed by atoms with Crippen molar-refractivity contribution < 1.29 is 4.79 Å². The molecular weight excluding hydrogens is 345 g/mol. The van der Waals surface area contributed by atoms with Gasteiger partial charge >= 0.3 is 0 Å². The second-order valence-electron chi connectivity index (χ2n) is 3.44. The van der Waals surface area contributed by atoms with Gasteiger partial charge in [-0.2, -0.15) is 0 Å². The van der Waals surface area contributed by atoms with Crippen LogP contribution in [0.5, 0.6) is 0 Å². The normalized spacial score (nSPS) is 12.5. The highest BCUT2D eigenvalue weighted by atomic mass is 127. The molecule has 1 aromatic rings. The minimum atomic E-state index is 0.0754. The summed E-state index contributed by atoms with van der Waals surface area (Å²) >= 11 is 9.64. The average molecular weight is 358 g/mol. The zero-order valence-corrected chi connectivity index (χ0v) is 12.4. The Labute approximate surface area is 113 Å². The summed E-state index contributed by atoms with van der Waals surface area (Å²) in [5.74, 6) is 0.0754. The Balaban J connectivity index is 2.53. The molecule has 15 heavy (non-hydrogen) atoms. The number of carbonyl (C=O) groups excluding carboxylic acids is 1. The lowest BCUT2D eigenvalue weighted by atomic mass is 10.2. The van der Waals surface area contributed by atoms with Gasteiger partial charge in [0.05, 0.1) is 8.45 Å². The molecule has 84 valence electrons. The Hall–Kier alpha value is 0.190. The Morgan fingerprint density at radius 2 is 2.40 bits per heavy atom. The van der Waals surface area contributed by atoms with Crippen LogP contribution in [0.4, 0.5) is 0 Å². The lowest BCUT2D eigenvalue weighted by molar-refractivity contribution is 0.0794. The lowest BCUT2D eigenvalue weighted by Gasteiger charge is -2.16. The number of amides is 1.